The fraction of sp³-hybridized carbons (Fsp3) is 0.409. The average molecular weight is 389 g/mol. The van der Waals surface area contributed by atoms with Crippen LogP contribution in [0.1, 0.15) is 30.4 Å². The van der Waals surface area contributed by atoms with E-state index in [9.17, 15) is 9.18 Å². The number of hydrogen-bond acceptors (Lipinski definition) is 2. The highest BCUT2D eigenvalue weighted by Gasteiger charge is 2.25. The van der Waals surface area contributed by atoms with Crippen molar-refractivity contribution in [3.05, 3.63) is 70.5 Å². The van der Waals surface area contributed by atoms with Crippen molar-refractivity contribution in [2.75, 3.05) is 19.6 Å². The van der Waals surface area contributed by atoms with Gasteiger partial charge in [-0.25, -0.2) is 4.39 Å². The van der Waals surface area contributed by atoms with Crippen LogP contribution >= 0.6 is 11.6 Å². The van der Waals surface area contributed by atoms with Crippen molar-refractivity contribution in [2.24, 2.45) is 5.92 Å². The Morgan fingerprint density at radius 1 is 1.19 bits per heavy atom. The molecule has 27 heavy (non-hydrogen) atoms. The molecule has 1 amide bonds. The van der Waals surface area contributed by atoms with Crippen LogP contribution in [0, 0.1) is 11.7 Å². The number of carbonyl (C=O) groups excluding carboxylic acids is 1. The first-order chi connectivity index (χ1) is 13.1. The molecule has 0 spiro atoms. The first kappa shape index (κ1) is 19.8. The van der Waals surface area contributed by atoms with E-state index in [1.807, 2.05) is 36.4 Å². The second kappa shape index (κ2) is 9.86. The second-order valence-corrected chi connectivity index (χ2v) is 7.59. The van der Waals surface area contributed by atoms with Gasteiger partial charge < -0.3 is 5.32 Å². The summed E-state index contributed by atoms with van der Waals surface area (Å²) in [5.74, 6) is -0.0519. The summed E-state index contributed by atoms with van der Waals surface area (Å²) in [6.45, 7) is 3.16. The molecule has 1 heterocycles. The van der Waals surface area contributed by atoms with E-state index in [2.05, 4.69) is 10.2 Å². The van der Waals surface area contributed by atoms with Crippen molar-refractivity contribution in [2.45, 2.75) is 32.2 Å². The minimum Gasteiger partial charge on any atom is -0.356 e. The third kappa shape index (κ3) is 6.05. The minimum absolute atomic E-state index is 0.0273. The fourth-order valence-electron chi connectivity index (χ4n) is 3.60. The smallest absolute Gasteiger partial charge is 0.224 e. The van der Waals surface area contributed by atoms with Gasteiger partial charge in [-0.15, -0.1) is 0 Å². The van der Waals surface area contributed by atoms with Crippen molar-refractivity contribution >= 4 is 17.5 Å². The van der Waals surface area contributed by atoms with E-state index in [1.165, 1.54) is 12.1 Å². The number of amides is 1. The van der Waals surface area contributed by atoms with Crippen molar-refractivity contribution in [3.8, 4) is 0 Å². The summed E-state index contributed by atoms with van der Waals surface area (Å²) in [6.07, 6.45) is 3.68. The minimum atomic E-state index is -0.216. The molecule has 1 fully saturated rings. The number of halogens is 2. The molecule has 0 aliphatic carbocycles. The van der Waals surface area contributed by atoms with E-state index in [1.54, 1.807) is 0 Å². The molecule has 1 N–H and O–H groups in total. The predicted molar refractivity (Wildman–Crippen MR) is 107 cm³/mol. The van der Waals surface area contributed by atoms with Crippen LogP contribution in [-0.4, -0.2) is 30.4 Å². The van der Waals surface area contributed by atoms with Crippen LogP contribution in [-0.2, 0) is 17.8 Å². The van der Waals surface area contributed by atoms with Gasteiger partial charge >= 0.3 is 0 Å². The number of benzene rings is 2. The van der Waals surface area contributed by atoms with Crippen LogP contribution in [0.3, 0.4) is 0 Å². The monoisotopic (exact) mass is 388 g/mol. The third-order valence-electron chi connectivity index (χ3n) is 5.08. The van der Waals surface area contributed by atoms with Gasteiger partial charge in [0.25, 0.3) is 0 Å². The molecule has 0 aromatic heterocycles. The molecule has 0 radical (unpaired) electrons. The van der Waals surface area contributed by atoms with Gasteiger partial charge in [0.05, 0.1) is 5.92 Å². The molecule has 0 unspecified atom stereocenters. The first-order valence-corrected chi connectivity index (χ1v) is 9.97. The topological polar surface area (TPSA) is 32.3 Å². The number of carbonyl (C=O) groups is 1. The highest BCUT2D eigenvalue weighted by Crippen LogP contribution is 2.19. The zero-order valence-corrected chi connectivity index (χ0v) is 16.2. The molecule has 0 saturated carbocycles. The average Bonchev–Trinajstić information content (AvgIpc) is 2.68. The first-order valence-electron chi connectivity index (χ1n) is 9.60. The molecule has 5 heteroatoms. The Bertz CT molecular complexity index is 750. The summed E-state index contributed by atoms with van der Waals surface area (Å²) in [5, 5.41) is 3.86. The zero-order valence-electron chi connectivity index (χ0n) is 15.5. The highest BCUT2D eigenvalue weighted by atomic mass is 35.5. The Balaban J connectivity index is 1.41. The SMILES string of the molecule is O=C(NCCCc1ccccc1Cl)[C@H]1CCCN(Cc2ccc(F)cc2)C1. The number of likely N-dealkylation sites (tertiary alicyclic amines) is 1. The van der Waals surface area contributed by atoms with Crippen LogP contribution in [0.2, 0.25) is 5.02 Å². The van der Waals surface area contributed by atoms with E-state index < -0.39 is 0 Å². The van der Waals surface area contributed by atoms with Gasteiger partial charge in [-0.05, 0) is 61.6 Å². The van der Waals surface area contributed by atoms with Crippen LogP contribution in [0.25, 0.3) is 0 Å². The van der Waals surface area contributed by atoms with E-state index in [4.69, 9.17) is 11.6 Å². The lowest BCUT2D eigenvalue weighted by molar-refractivity contribution is -0.126. The fourth-order valence-corrected chi connectivity index (χ4v) is 3.83. The number of nitrogens with zero attached hydrogens (tertiary/aromatic N) is 1. The Labute approximate surface area is 165 Å². The molecule has 2 aromatic rings. The molecule has 1 aliphatic rings. The Morgan fingerprint density at radius 3 is 2.74 bits per heavy atom. The summed E-state index contributed by atoms with van der Waals surface area (Å²) < 4.78 is 13.0. The maximum atomic E-state index is 13.0. The number of nitrogens with one attached hydrogen (secondary N) is 1. The van der Waals surface area contributed by atoms with Crippen molar-refractivity contribution in [1.29, 1.82) is 0 Å². The Kier molecular flexibility index (Phi) is 7.25. The highest BCUT2D eigenvalue weighted by molar-refractivity contribution is 6.31. The number of aryl methyl sites for hydroxylation is 1. The Hall–Kier alpha value is -1.91. The maximum Gasteiger partial charge on any atom is 0.224 e. The lowest BCUT2D eigenvalue weighted by atomic mass is 9.96. The predicted octanol–water partition coefficient (Wildman–Crippen LogP) is 4.44. The summed E-state index contributed by atoms with van der Waals surface area (Å²) in [7, 11) is 0. The number of rotatable bonds is 7. The molecule has 144 valence electrons. The van der Waals surface area contributed by atoms with Gasteiger partial charge in [-0.3, -0.25) is 9.69 Å². The van der Waals surface area contributed by atoms with E-state index in [-0.39, 0.29) is 17.6 Å². The molecule has 2 aromatic carbocycles. The number of hydrogen-bond donors (Lipinski definition) is 1. The van der Waals surface area contributed by atoms with Gasteiger partial charge in [0.2, 0.25) is 5.91 Å². The summed E-state index contributed by atoms with van der Waals surface area (Å²) in [4.78, 5) is 14.8. The summed E-state index contributed by atoms with van der Waals surface area (Å²) in [6, 6.07) is 14.4. The molecule has 3 nitrogen and oxygen atoms in total. The largest absolute Gasteiger partial charge is 0.356 e. The van der Waals surface area contributed by atoms with Crippen molar-refractivity contribution in [1.82, 2.24) is 10.2 Å². The molecule has 3 rings (SSSR count). The number of piperidine rings is 1. The van der Waals surface area contributed by atoms with Gasteiger partial charge in [0, 0.05) is 24.7 Å². The van der Waals surface area contributed by atoms with Gasteiger partial charge in [0.15, 0.2) is 0 Å². The lowest BCUT2D eigenvalue weighted by Crippen LogP contribution is -2.42. The van der Waals surface area contributed by atoms with Gasteiger partial charge in [-0.1, -0.05) is 41.9 Å². The van der Waals surface area contributed by atoms with Crippen LogP contribution < -0.4 is 5.32 Å². The summed E-state index contributed by atoms with van der Waals surface area (Å²) >= 11 is 6.16. The standard InChI is InChI=1S/C22H26ClFN2O/c23-21-8-2-1-5-18(21)6-3-13-25-22(27)19-7-4-14-26(16-19)15-17-9-11-20(24)12-10-17/h1-2,5,8-12,19H,3-4,6-7,13-16H2,(H,25,27)/t19-/m0/s1. The normalized spacial score (nSPS) is 17.6. The van der Waals surface area contributed by atoms with Crippen molar-refractivity contribution in [3.63, 3.8) is 0 Å². The van der Waals surface area contributed by atoms with Crippen LogP contribution in [0.5, 0.6) is 0 Å². The molecule has 1 atom stereocenters. The van der Waals surface area contributed by atoms with Crippen LogP contribution in [0.4, 0.5) is 4.39 Å². The quantitative estimate of drug-likeness (QED) is 0.711. The molecule has 0 bridgehead atoms. The van der Waals surface area contributed by atoms with Crippen LogP contribution in [0.15, 0.2) is 48.5 Å². The summed E-state index contributed by atoms with van der Waals surface area (Å²) in [5.41, 5.74) is 2.20. The molecular formula is C22H26ClFN2O. The zero-order chi connectivity index (χ0) is 19.1. The molecule has 1 saturated heterocycles. The Morgan fingerprint density at radius 2 is 1.96 bits per heavy atom. The van der Waals surface area contributed by atoms with E-state index in [0.717, 1.165) is 61.5 Å². The van der Waals surface area contributed by atoms with Gasteiger partial charge in [0.1, 0.15) is 5.82 Å². The van der Waals surface area contributed by atoms with Gasteiger partial charge in [-0.2, -0.15) is 0 Å². The maximum absolute atomic E-state index is 13.0. The molecular weight excluding hydrogens is 363 g/mol. The van der Waals surface area contributed by atoms with E-state index in [0.29, 0.717) is 6.54 Å². The lowest BCUT2D eigenvalue weighted by Gasteiger charge is -2.32. The third-order valence-corrected chi connectivity index (χ3v) is 5.44. The van der Waals surface area contributed by atoms with Crippen molar-refractivity contribution < 1.29 is 9.18 Å². The second-order valence-electron chi connectivity index (χ2n) is 7.19. The molecule has 1 aliphatic heterocycles. The van der Waals surface area contributed by atoms with E-state index >= 15 is 0 Å².